The molecule has 22 heavy (non-hydrogen) atoms. The number of hydrogen-bond acceptors (Lipinski definition) is 5. The number of tetrazole rings is 1. The third-order valence-corrected chi connectivity index (χ3v) is 5.72. The lowest BCUT2D eigenvalue weighted by atomic mass is 10.2. The lowest BCUT2D eigenvalue weighted by Gasteiger charge is -2.12. The Hall–Kier alpha value is -1.32. The molecule has 0 radical (unpaired) electrons. The van der Waals surface area contributed by atoms with E-state index in [1.54, 1.807) is 28.9 Å². The molecule has 0 saturated heterocycles. The van der Waals surface area contributed by atoms with Crippen LogP contribution in [0.3, 0.4) is 0 Å². The van der Waals surface area contributed by atoms with Gasteiger partial charge in [0.05, 0.1) is 17.5 Å². The van der Waals surface area contributed by atoms with Gasteiger partial charge in [0.2, 0.25) is 10.0 Å². The van der Waals surface area contributed by atoms with Crippen molar-refractivity contribution in [2.45, 2.75) is 43.2 Å². The summed E-state index contributed by atoms with van der Waals surface area (Å²) in [5, 5.41) is 11.6. The number of rotatable bonds is 5. The molecular formula is C13H16BrN5O2S. The van der Waals surface area contributed by atoms with E-state index in [0.717, 1.165) is 30.2 Å². The Labute approximate surface area is 137 Å². The van der Waals surface area contributed by atoms with Crippen molar-refractivity contribution in [1.29, 1.82) is 0 Å². The van der Waals surface area contributed by atoms with Crippen molar-refractivity contribution in [2.24, 2.45) is 0 Å². The lowest BCUT2D eigenvalue weighted by molar-refractivity contribution is 0.435. The van der Waals surface area contributed by atoms with Gasteiger partial charge in [-0.15, -0.1) is 5.10 Å². The molecule has 1 heterocycles. The highest BCUT2D eigenvalue weighted by molar-refractivity contribution is 9.10. The molecule has 118 valence electrons. The number of hydrogen-bond donors (Lipinski definition) is 1. The predicted octanol–water partition coefficient (Wildman–Crippen LogP) is 2.03. The highest BCUT2D eigenvalue weighted by Gasteiger charge is 2.22. The zero-order valence-electron chi connectivity index (χ0n) is 11.8. The zero-order valence-corrected chi connectivity index (χ0v) is 14.2. The summed E-state index contributed by atoms with van der Waals surface area (Å²) in [6.45, 7) is 0.0852. The normalized spacial score (nSPS) is 16.2. The first-order valence-electron chi connectivity index (χ1n) is 7.08. The molecule has 1 aromatic carbocycles. The van der Waals surface area contributed by atoms with Crippen molar-refractivity contribution < 1.29 is 8.42 Å². The lowest BCUT2D eigenvalue weighted by Crippen LogP contribution is -2.26. The largest absolute Gasteiger partial charge is 0.240 e. The fourth-order valence-electron chi connectivity index (χ4n) is 2.62. The van der Waals surface area contributed by atoms with Gasteiger partial charge in [0.15, 0.2) is 5.82 Å². The van der Waals surface area contributed by atoms with Crippen LogP contribution in [0.15, 0.2) is 33.6 Å². The first-order valence-corrected chi connectivity index (χ1v) is 9.36. The Kier molecular flexibility index (Phi) is 4.55. The maximum absolute atomic E-state index is 12.3. The maximum atomic E-state index is 12.3. The molecule has 3 rings (SSSR count). The van der Waals surface area contributed by atoms with Gasteiger partial charge in [-0.2, -0.15) is 0 Å². The molecular weight excluding hydrogens is 370 g/mol. The zero-order chi connectivity index (χ0) is 15.6. The minimum atomic E-state index is -3.57. The molecule has 9 heteroatoms. The molecule has 0 atom stereocenters. The Morgan fingerprint density at radius 1 is 1.23 bits per heavy atom. The second kappa shape index (κ2) is 6.43. The minimum absolute atomic E-state index is 0.0852. The van der Waals surface area contributed by atoms with E-state index in [4.69, 9.17) is 0 Å². The molecule has 1 aliphatic rings. The van der Waals surface area contributed by atoms with Gasteiger partial charge < -0.3 is 0 Å². The highest BCUT2D eigenvalue weighted by Crippen LogP contribution is 2.29. The molecule has 0 bridgehead atoms. The van der Waals surface area contributed by atoms with Crippen molar-refractivity contribution in [2.75, 3.05) is 0 Å². The average Bonchev–Trinajstić information content (AvgIpc) is 3.16. The van der Waals surface area contributed by atoms with Crippen LogP contribution in [0.1, 0.15) is 37.5 Å². The van der Waals surface area contributed by atoms with Crippen LogP contribution in [0.25, 0.3) is 0 Å². The van der Waals surface area contributed by atoms with Gasteiger partial charge >= 0.3 is 0 Å². The summed E-state index contributed by atoms with van der Waals surface area (Å²) in [7, 11) is -3.57. The third kappa shape index (κ3) is 3.36. The first-order chi connectivity index (χ1) is 10.6. The summed E-state index contributed by atoms with van der Waals surface area (Å²) in [6, 6.07) is 6.76. The van der Waals surface area contributed by atoms with E-state index in [1.165, 1.54) is 0 Å². The van der Waals surface area contributed by atoms with Crippen LogP contribution in [0, 0.1) is 0 Å². The first kappa shape index (κ1) is 15.6. The quantitative estimate of drug-likeness (QED) is 0.849. The molecule has 0 amide bonds. The van der Waals surface area contributed by atoms with Gasteiger partial charge in [-0.1, -0.05) is 28.8 Å². The molecule has 1 aromatic heterocycles. The molecule has 1 aliphatic carbocycles. The molecule has 1 N–H and O–H groups in total. The third-order valence-electron chi connectivity index (χ3n) is 3.78. The van der Waals surface area contributed by atoms with Crippen LogP contribution in [0.2, 0.25) is 0 Å². The van der Waals surface area contributed by atoms with Gasteiger partial charge in [0, 0.05) is 4.47 Å². The Bertz CT molecular complexity index is 738. The van der Waals surface area contributed by atoms with Crippen molar-refractivity contribution >= 4 is 26.0 Å². The maximum Gasteiger partial charge on any atom is 0.240 e. The van der Waals surface area contributed by atoms with E-state index in [1.807, 2.05) is 0 Å². The van der Waals surface area contributed by atoms with Crippen LogP contribution in [0.4, 0.5) is 0 Å². The van der Waals surface area contributed by atoms with Crippen LogP contribution in [0.5, 0.6) is 0 Å². The molecule has 7 nitrogen and oxygen atoms in total. The molecule has 1 fully saturated rings. The summed E-state index contributed by atoms with van der Waals surface area (Å²) in [6.07, 6.45) is 4.40. The Balaban J connectivity index is 1.72. The van der Waals surface area contributed by atoms with Gasteiger partial charge in [0.25, 0.3) is 0 Å². The minimum Gasteiger partial charge on any atom is -0.225 e. The summed E-state index contributed by atoms with van der Waals surface area (Å²) in [4.78, 5) is 0.218. The Morgan fingerprint density at radius 3 is 2.59 bits per heavy atom. The smallest absolute Gasteiger partial charge is 0.225 e. The summed E-state index contributed by atoms with van der Waals surface area (Å²) in [5.41, 5.74) is 0. The summed E-state index contributed by atoms with van der Waals surface area (Å²) >= 11 is 3.28. The van der Waals surface area contributed by atoms with Crippen molar-refractivity contribution in [1.82, 2.24) is 24.9 Å². The number of nitrogens with zero attached hydrogens (tertiary/aromatic N) is 4. The second-order valence-corrected chi connectivity index (χ2v) is 7.94. The molecule has 0 aliphatic heterocycles. The summed E-state index contributed by atoms with van der Waals surface area (Å²) < 4.78 is 29.7. The monoisotopic (exact) mass is 385 g/mol. The molecule has 1 saturated carbocycles. The van der Waals surface area contributed by atoms with E-state index >= 15 is 0 Å². The van der Waals surface area contributed by atoms with E-state index < -0.39 is 10.0 Å². The molecule has 0 unspecified atom stereocenters. The van der Waals surface area contributed by atoms with Crippen LogP contribution in [-0.2, 0) is 16.6 Å². The molecule has 2 aromatic rings. The van der Waals surface area contributed by atoms with E-state index in [2.05, 4.69) is 36.2 Å². The number of halogens is 1. The van der Waals surface area contributed by atoms with Crippen LogP contribution in [-0.4, -0.2) is 28.6 Å². The van der Waals surface area contributed by atoms with E-state index in [0.29, 0.717) is 5.82 Å². The fraction of sp³-hybridized carbons (Fsp3) is 0.462. The number of benzene rings is 1. The fourth-order valence-corrected chi connectivity index (χ4v) is 3.86. The average molecular weight is 386 g/mol. The second-order valence-electron chi connectivity index (χ2n) is 5.26. The topological polar surface area (TPSA) is 89.8 Å². The van der Waals surface area contributed by atoms with Crippen LogP contribution >= 0.6 is 15.9 Å². The van der Waals surface area contributed by atoms with Gasteiger partial charge in [-0.25, -0.2) is 17.8 Å². The van der Waals surface area contributed by atoms with Crippen molar-refractivity contribution in [3.63, 3.8) is 0 Å². The van der Waals surface area contributed by atoms with E-state index in [-0.39, 0.29) is 17.5 Å². The number of nitrogens with one attached hydrogen (secondary N) is 1. The summed E-state index contributed by atoms with van der Waals surface area (Å²) in [5.74, 6) is 0.549. The number of sulfonamides is 1. The van der Waals surface area contributed by atoms with Crippen molar-refractivity contribution in [3.8, 4) is 0 Å². The van der Waals surface area contributed by atoms with Crippen molar-refractivity contribution in [3.05, 3.63) is 34.6 Å². The van der Waals surface area contributed by atoms with Gasteiger partial charge in [0.1, 0.15) is 0 Å². The SMILES string of the molecule is O=S(=O)(NCc1nnnn1C1CCCC1)c1ccc(Br)cc1. The van der Waals surface area contributed by atoms with Gasteiger partial charge in [-0.05, 0) is 47.5 Å². The van der Waals surface area contributed by atoms with E-state index in [9.17, 15) is 8.42 Å². The Morgan fingerprint density at radius 2 is 1.91 bits per heavy atom. The number of aromatic nitrogens is 4. The van der Waals surface area contributed by atoms with Gasteiger partial charge in [-0.3, -0.25) is 0 Å². The van der Waals surface area contributed by atoms with Crippen LogP contribution < -0.4 is 4.72 Å². The highest BCUT2D eigenvalue weighted by atomic mass is 79.9. The predicted molar refractivity (Wildman–Crippen MR) is 83.5 cm³/mol. The molecule has 0 spiro atoms. The standard InChI is InChI=1S/C13H16BrN5O2S/c14-10-5-7-12(8-6-10)22(20,21)15-9-13-16-17-18-19(13)11-3-1-2-4-11/h5-8,11,15H,1-4,9H2.